The van der Waals surface area contributed by atoms with Crippen molar-refractivity contribution in [2.24, 2.45) is 0 Å². The molecule has 0 saturated carbocycles. The van der Waals surface area contributed by atoms with Gasteiger partial charge in [0, 0.05) is 60.5 Å². The first-order valence-electron chi connectivity index (χ1n) is 25.3. The number of fused-ring (bicyclic) bond motifs is 6. The van der Waals surface area contributed by atoms with E-state index in [-0.39, 0.29) is 0 Å². The van der Waals surface area contributed by atoms with E-state index >= 15 is 0 Å². The van der Waals surface area contributed by atoms with Gasteiger partial charge >= 0.3 is 0 Å². The number of para-hydroxylation sites is 3. The van der Waals surface area contributed by atoms with Crippen LogP contribution in [0.25, 0.3) is 134 Å². The smallest absolute Gasteiger partial charge is 0.162 e. The van der Waals surface area contributed by atoms with Gasteiger partial charge in [-0.25, -0.2) is 19.9 Å². The molecule has 4 heterocycles. The molecule has 0 atom stereocenters. The molecular weight excluding hydrogens is 927 g/mol. The van der Waals surface area contributed by atoms with Gasteiger partial charge in [-0.15, -0.1) is 0 Å². The number of benzene rings is 10. The predicted molar refractivity (Wildman–Crippen MR) is 309 cm³/mol. The second-order valence-electron chi connectivity index (χ2n) is 18.9. The maximum absolute atomic E-state index is 10.4. The summed E-state index contributed by atoms with van der Waals surface area (Å²) in [4.78, 5) is 21.0. The Labute approximate surface area is 438 Å². The lowest BCUT2D eigenvalue weighted by atomic mass is 9.97. The van der Waals surface area contributed by atoms with Crippen LogP contribution in [0.3, 0.4) is 0 Å². The Morgan fingerprint density at radius 1 is 0.276 bits per heavy atom. The van der Waals surface area contributed by atoms with Gasteiger partial charge in [0.05, 0.1) is 67.8 Å². The van der Waals surface area contributed by atoms with Gasteiger partial charge in [-0.2, -0.15) is 5.26 Å². The van der Waals surface area contributed by atoms with Crippen molar-refractivity contribution in [3.63, 3.8) is 0 Å². The molecule has 0 unspecified atom stereocenters. The lowest BCUT2D eigenvalue weighted by Gasteiger charge is -2.17. The van der Waals surface area contributed by atoms with Crippen LogP contribution in [-0.4, -0.2) is 29.1 Å². The van der Waals surface area contributed by atoms with Crippen molar-refractivity contribution in [1.29, 1.82) is 5.26 Å². The molecule has 354 valence electrons. The van der Waals surface area contributed by atoms with E-state index in [0.29, 0.717) is 17.2 Å². The van der Waals surface area contributed by atoms with E-state index < -0.39 is 0 Å². The Kier molecular flexibility index (Phi) is 10.7. The summed E-state index contributed by atoms with van der Waals surface area (Å²) < 4.78 is 4.70. The van der Waals surface area contributed by atoms with Crippen LogP contribution in [0.1, 0.15) is 5.56 Å². The molecule has 4 aromatic heterocycles. The summed E-state index contributed by atoms with van der Waals surface area (Å²) in [6.07, 6.45) is 0. The average Bonchev–Trinajstić information content (AvgIpc) is 4.11. The molecule has 0 radical (unpaired) electrons. The largest absolute Gasteiger partial charge is 0.309 e. The maximum atomic E-state index is 10.4. The third kappa shape index (κ3) is 7.68. The fourth-order valence-corrected chi connectivity index (χ4v) is 10.8. The summed E-state index contributed by atoms with van der Waals surface area (Å²) in [5, 5.41) is 14.9. The van der Waals surface area contributed by atoms with E-state index in [0.717, 1.165) is 111 Å². The van der Waals surface area contributed by atoms with Crippen LogP contribution in [0.5, 0.6) is 0 Å². The van der Waals surface area contributed by atoms with E-state index in [4.69, 9.17) is 19.9 Å². The van der Waals surface area contributed by atoms with Crippen LogP contribution < -0.4 is 0 Å². The number of hydrogen-bond acceptors (Lipinski definition) is 5. The van der Waals surface area contributed by atoms with Crippen LogP contribution >= 0.6 is 0 Å². The molecule has 0 bridgehead atoms. The van der Waals surface area contributed by atoms with Crippen molar-refractivity contribution in [3.05, 3.63) is 266 Å². The monoisotopic (exact) mass is 969 g/mol. The Morgan fingerprint density at radius 2 is 0.671 bits per heavy atom. The van der Waals surface area contributed by atoms with Gasteiger partial charge in [0.25, 0.3) is 0 Å². The highest BCUT2D eigenvalue weighted by Gasteiger charge is 2.23. The zero-order valence-corrected chi connectivity index (χ0v) is 41.0. The normalized spacial score (nSPS) is 11.4. The molecular formula is C69H43N7. The summed E-state index contributed by atoms with van der Waals surface area (Å²) >= 11 is 0. The molecule has 14 aromatic rings. The Bertz CT molecular complexity index is 4410. The molecule has 7 heteroatoms. The standard InChI is InChI=1S/C69H43N7/c70-44-45-33-36-67(57(39-45)69-73-59(47-21-7-2-8-22-47)42-60(74-69)48-23-9-3-10-24-48)76-64-32-18-15-29-54(64)56-40-50(34-37-66(56)76)55-41-51(35-38-65(55)75-62-30-16-13-27-52(62)53-28-14-17-31-63(53)75)61-43-58(46-19-5-1-6-20-46)71-68(72-61)49-25-11-4-12-26-49/h1-43H. The highest BCUT2D eigenvalue weighted by molar-refractivity contribution is 6.12. The second kappa shape index (κ2) is 18.5. The predicted octanol–water partition coefficient (Wildman–Crippen LogP) is 17.0. The third-order valence-corrected chi connectivity index (χ3v) is 14.4. The molecule has 0 N–H and O–H groups in total. The molecule has 0 aliphatic rings. The minimum atomic E-state index is 0.518. The van der Waals surface area contributed by atoms with Gasteiger partial charge in [-0.05, 0) is 78.4 Å². The van der Waals surface area contributed by atoms with Crippen molar-refractivity contribution < 1.29 is 0 Å². The van der Waals surface area contributed by atoms with Crippen LogP contribution in [0.2, 0.25) is 0 Å². The van der Waals surface area contributed by atoms with Crippen LogP contribution in [0, 0.1) is 11.3 Å². The minimum absolute atomic E-state index is 0.518. The molecule has 76 heavy (non-hydrogen) atoms. The van der Waals surface area contributed by atoms with E-state index in [1.165, 1.54) is 10.8 Å². The molecule has 0 fully saturated rings. The Hall–Kier alpha value is -10.6. The minimum Gasteiger partial charge on any atom is -0.309 e. The second-order valence-corrected chi connectivity index (χ2v) is 18.9. The number of aromatic nitrogens is 6. The van der Waals surface area contributed by atoms with E-state index in [1.54, 1.807) is 0 Å². The quantitative estimate of drug-likeness (QED) is 0.144. The van der Waals surface area contributed by atoms with Crippen LogP contribution in [0.15, 0.2) is 261 Å². The van der Waals surface area contributed by atoms with E-state index in [2.05, 4.69) is 179 Å². The lowest BCUT2D eigenvalue weighted by Crippen LogP contribution is -2.02. The first-order chi connectivity index (χ1) is 37.6. The van der Waals surface area contributed by atoms with E-state index in [1.807, 2.05) is 97.1 Å². The Balaban J connectivity index is 1.00. The maximum Gasteiger partial charge on any atom is 0.162 e. The van der Waals surface area contributed by atoms with Crippen molar-refractivity contribution in [2.75, 3.05) is 0 Å². The van der Waals surface area contributed by atoms with Gasteiger partial charge in [0.1, 0.15) is 0 Å². The SMILES string of the molecule is N#Cc1ccc(-n2c3ccccc3c3cc(-c4cc(-c5cc(-c6ccccc6)nc(-c6ccccc6)n5)ccc4-n4c5ccccc5c5ccccc54)ccc32)c(-c2nc(-c3ccccc3)cc(-c3ccccc3)n2)c1. The number of hydrogen-bond donors (Lipinski definition) is 0. The zero-order valence-electron chi connectivity index (χ0n) is 41.0. The summed E-state index contributed by atoms with van der Waals surface area (Å²) in [5.74, 6) is 1.19. The van der Waals surface area contributed by atoms with Gasteiger partial charge in [0.2, 0.25) is 0 Å². The molecule has 0 amide bonds. The Morgan fingerprint density at radius 3 is 1.18 bits per heavy atom. The van der Waals surface area contributed by atoms with Gasteiger partial charge in [0.15, 0.2) is 11.6 Å². The summed E-state index contributed by atoms with van der Waals surface area (Å²) in [6, 6.07) is 92.7. The average molecular weight is 970 g/mol. The summed E-state index contributed by atoms with van der Waals surface area (Å²) in [7, 11) is 0. The fourth-order valence-electron chi connectivity index (χ4n) is 10.8. The first kappa shape index (κ1) is 44.2. The molecule has 0 saturated heterocycles. The highest BCUT2D eigenvalue weighted by atomic mass is 15.0. The van der Waals surface area contributed by atoms with Gasteiger partial charge in [-0.3, -0.25) is 0 Å². The summed E-state index contributed by atoms with van der Waals surface area (Å²) in [6.45, 7) is 0. The van der Waals surface area contributed by atoms with E-state index in [9.17, 15) is 5.26 Å². The summed E-state index contributed by atoms with van der Waals surface area (Å²) in [5.41, 5.74) is 17.7. The van der Waals surface area contributed by atoms with Crippen molar-refractivity contribution in [3.8, 4) is 96.4 Å². The molecule has 10 aromatic carbocycles. The third-order valence-electron chi connectivity index (χ3n) is 14.4. The van der Waals surface area contributed by atoms with Crippen LogP contribution in [-0.2, 0) is 0 Å². The molecule has 7 nitrogen and oxygen atoms in total. The first-order valence-corrected chi connectivity index (χ1v) is 25.3. The fraction of sp³-hybridized carbons (Fsp3) is 0. The van der Waals surface area contributed by atoms with Gasteiger partial charge in [-0.1, -0.05) is 188 Å². The van der Waals surface area contributed by atoms with Crippen molar-refractivity contribution in [2.45, 2.75) is 0 Å². The van der Waals surface area contributed by atoms with Gasteiger partial charge < -0.3 is 9.13 Å². The topological polar surface area (TPSA) is 85.2 Å². The molecule has 14 rings (SSSR count). The zero-order chi connectivity index (χ0) is 50.5. The van der Waals surface area contributed by atoms with Crippen LogP contribution in [0.4, 0.5) is 0 Å². The molecule has 0 spiro atoms. The number of nitriles is 1. The van der Waals surface area contributed by atoms with Crippen molar-refractivity contribution in [1.82, 2.24) is 29.1 Å². The van der Waals surface area contributed by atoms with Crippen molar-refractivity contribution >= 4 is 43.6 Å². The highest BCUT2D eigenvalue weighted by Crippen LogP contribution is 2.43. The number of nitrogens with zero attached hydrogens (tertiary/aromatic N) is 7. The molecule has 0 aliphatic carbocycles. The lowest BCUT2D eigenvalue weighted by molar-refractivity contribution is 1.14. The number of rotatable bonds is 9. The molecule has 0 aliphatic heterocycles.